The second-order valence-electron chi connectivity index (χ2n) is 11.3. The maximum absolute atomic E-state index is 14.3. The molecule has 0 bridgehead atoms. The summed E-state index contributed by atoms with van der Waals surface area (Å²) in [5.41, 5.74) is 5.67. The summed E-state index contributed by atoms with van der Waals surface area (Å²) >= 11 is 0. The molecule has 4 rings (SSSR count). The number of amides is 2. The Balaban J connectivity index is 1.74. The number of fused-ring (bicyclic) bond motifs is 1. The molecule has 0 saturated heterocycles. The number of nitrogens with zero attached hydrogens (tertiary/aromatic N) is 2. The molecular formula is C38H44N2O2. The summed E-state index contributed by atoms with van der Waals surface area (Å²) in [6, 6.07) is 15.3. The predicted octanol–water partition coefficient (Wildman–Crippen LogP) is 8.18. The first-order valence-electron chi connectivity index (χ1n) is 15.8. The molecule has 2 aliphatic heterocycles. The van der Waals surface area contributed by atoms with Crippen LogP contribution in [-0.4, -0.2) is 34.7 Å². The molecule has 0 N–H and O–H groups in total. The molecular weight excluding hydrogens is 516 g/mol. The zero-order valence-corrected chi connectivity index (χ0v) is 25.4. The second-order valence-corrected chi connectivity index (χ2v) is 11.3. The largest absolute Gasteiger partial charge is 0.307 e. The normalized spacial score (nSPS) is 14.6. The highest BCUT2D eigenvalue weighted by Crippen LogP contribution is 2.46. The third kappa shape index (κ3) is 6.88. The highest BCUT2D eigenvalue weighted by atomic mass is 16.2. The van der Waals surface area contributed by atoms with Gasteiger partial charge in [-0.1, -0.05) is 114 Å². The van der Waals surface area contributed by atoms with Gasteiger partial charge in [-0.25, -0.2) is 0 Å². The molecule has 0 aromatic heterocycles. The van der Waals surface area contributed by atoms with Crippen LogP contribution in [0.3, 0.4) is 0 Å². The molecule has 0 fully saturated rings. The van der Waals surface area contributed by atoms with Crippen molar-refractivity contribution >= 4 is 23.2 Å². The number of carbonyl (C=O) groups is 2. The third-order valence-corrected chi connectivity index (χ3v) is 8.30. The van der Waals surface area contributed by atoms with Crippen LogP contribution in [0, 0.1) is 24.7 Å². The topological polar surface area (TPSA) is 40.6 Å². The van der Waals surface area contributed by atoms with Gasteiger partial charge < -0.3 is 9.80 Å². The SMILES string of the molecule is C#Cc1ccc(C2=C3C(=O)N(CCCCCCCC)C(c4ccc(C#C)cc4)=C3C(=O)N2CCCCCCCC)cc1. The molecule has 0 atom stereocenters. The Labute approximate surface area is 252 Å². The molecule has 0 aliphatic carbocycles. The summed E-state index contributed by atoms with van der Waals surface area (Å²) in [7, 11) is 0. The van der Waals surface area contributed by atoms with Gasteiger partial charge >= 0.3 is 0 Å². The van der Waals surface area contributed by atoms with Gasteiger partial charge in [-0.15, -0.1) is 12.8 Å². The number of rotatable bonds is 16. The number of hydrogen-bond acceptors (Lipinski definition) is 2. The van der Waals surface area contributed by atoms with Crippen molar-refractivity contribution in [2.24, 2.45) is 0 Å². The number of hydrogen-bond donors (Lipinski definition) is 0. The molecule has 2 aromatic carbocycles. The first kappa shape index (κ1) is 30.9. The first-order valence-corrected chi connectivity index (χ1v) is 15.8. The molecule has 2 aliphatic rings. The fraction of sp³-hybridized carbons (Fsp3) is 0.421. The van der Waals surface area contributed by atoms with Crippen molar-refractivity contribution in [2.75, 3.05) is 13.1 Å². The lowest BCUT2D eigenvalue weighted by Gasteiger charge is -2.25. The van der Waals surface area contributed by atoms with E-state index in [-0.39, 0.29) is 11.8 Å². The average Bonchev–Trinajstić information content (AvgIpc) is 3.47. The summed E-state index contributed by atoms with van der Waals surface area (Å²) < 4.78 is 0. The lowest BCUT2D eigenvalue weighted by molar-refractivity contribution is -0.124. The molecule has 0 unspecified atom stereocenters. The van der Waals surface area contributed by atoms with Crippen molar-refractivity contribution in [3.8, 4) is 24.7 Å². The minimum atomic E-state index is -0.0931. The number of benzene rings is 2. The van der Waals surface area contributed by atoms with Crippen LogP contribution in [-0.2, 0) is 9.59 Å². The van der Waals surface area contributed by atoms with E-state index in [4.69, 9.17) is 12.8 Å². The van der Waals surface area contributed by atoms with Crippen molar-refractivity contribution < 1.29 is 9.59 Å². The van der Waals surface area contributed by atoms with Crippen molar-refractivity contribution in [3.63, 3.8) is 0 Å². The smallest absolute Gasteiger partial charge is 0.261 e. The number of carbonyl (C=O) groups excluding carboxylic acids is 2. The molecule has 0 spiro atoms. The molecule has 4 heteroatoms. The van der Waals surface area contributed by atoms with Crippen LogP contribution in [0.5, 0.6) is 0 Å². The highest BCUT2D eigenvalue weighted by molar-refractivity contribution is 6.30. The van der Waals surface area contributed by atoms with E-state index in [1.54, 1.807) is 0 Å². The molecule has 2 amide bonds. The number of unbranched alkanes of at least 4 members (excludes halogenated alkanes) is 10. The van der Waals surface area contributed by atoms with E-state index in [9.17, 15) is 9.59 Å². The fourth-order valence-corrected chi connectivity index (χ4v) is 5.97. The summed E-state index contributed by atoms with van der Waals surface area (Å²) in [5, 5.41) is 0. The third-order valence-electron chi connectivity index (χ3n) is 8.30. The van der Waals surface area contributed by atoms with E-state index in [0.29, 0.717) is 35.6 Å². The van der Waals surface area contributed by atoms with E-state index in [0.717, 1.165) is 60.8 Å². The Hall–Kier alpha value is -4.02. The molecule has 2 heterocycles. The molecule has 0 saturated carbocycles. The summed E-state index contributed by atoms with van der Waals surface area (Å²) in [4.78, 5) is 32.3. The van der Waals surface area contributed by atoms with Gasteiger partial charge in [0.25, 0.3) is 11.8 Å². The van der Waals surface area contributed by atoms with Crippen LogP contribution in [0.25, 0.3) is 11.4 Å². The van der Waals surface area contributed by atoms with Gasteiger partial charge in [-0.3, -0.25) is 9.59 Å². The maximum Gasteiger partial charge on any atom is 0.261 e. The van der Waals surface area contributed by atoms with E-state index < -0.39 is 0 Å². The van der Waals surface area contributed by atoms with Crippen LogP contribution in [0.2, 0.25) is 0 Å². The van der Waals surface area contributed by atoms with E-state index in [2.05, 4.69) is 25.7 Å². The van der Waals surface area contributed by atoms with Gasteiger partial charge in [0, 0.05) is 24.2 Å². The lowest BCUT2D eigenvalue weighted by Crippen LogP contribution is -2.31. The van der Waals surface area contributed by atoms with Gasteiger partial charge in [0.05, 0.1) is 22.5 Å². The minimum Gasteiger partial charge on any atom is -0.307 e. The van der Waals surface area contributed by atoms with E-state index in [1.807, 2.05) is 58.3 Å². The molecule has 218 valence electrons. The molecule has 4 nitrogen and oxygen atoms in total. The van der Waals surface area contributed by atoms with Crippen molar-refractivity contribution in [1.29, 1.82) is 0 Å². The standard InChI is InChI=1S/C38H44N2O2/c1-5-9-11-13-15-17-27-39-35(31-23-19-29(7-3)20-24-31)33-34(37(39)41)36(32-25-21-30(8-4)22-26-32)40(38(33)42)28-18-16-14-12-10-6-2/h3-4,19-26H,5-6,9-18,27-28H2,1-2H3. The van der Waals surface area contributed by atoms with Crippen LogP contribution < -0.4 is 0 Å². The molecule has 0 radical (unpaired) electrons. The van der Waals surface area contributed by atoms with E-state index in [1.165, 1.54) is 38.5 Å². The average molecular weight is 561 g/mol. The van der Waals surface area contributed by atoms with Crippen LogP contribution in [0.4, 0.5) is 0 Å². The Morgan fingerprint density at radius 2 is 0.857 bits per heavy atom. The van der Waals surface area contributed by atoms with Crippen LogP contribution >= 0.6 is 0 Å². The van der Waals surface area contributed by atoms with Gasteiger partial charge in [-0.2, -0.15) is 0 Å². The summed E-state index contributed by atoms with van der Waals surface area (Å²) in [6.45, 7) is 5.59. The Morgan fingerprint density at radius 1 is 0.524 bits per heavy atom. The Morgan fingerprint density at radius 3 is 1.19 bits per heavy atom. The minimum absolute atomic E-state index is 0.0931. The highest BCUT2D eigenvalue weighted by Gasteiger charge is 2.48. The maximum atomic E-state index is 14.3. The fourth-order valence-electron chi connectivity index (χ4n) is 5.97. The Kier molecular flexibility index (Phi) is 11.2. The van der Waals surface area contributed by atoms with Gasteiger partial charge in [0.15, 0.2) is 0 Å². The summed E-state index contributed by atoms with van der Waals surface area (Å²) in [6.07, 6.45) is 24.7. The van der Waals surface area contributed by atoms with Crippen LogP contribution in [0.15, 0.2) is 59.7 Å². The monoisotopic (exact) mass is 560 g/mol. The van der Waals surface area contributed by atoms with Crippen molar-refractivity contribution in [3.05, 3.63) is 81.9 Å². The molecule has 2 aromatic rings. The second kappa shape index (κ2) is 15.3. The number of terminal acetylenes is 2. The zero-order valence-electron chi connectivity index (χ0n) is 25.4. The van der Waals surface area contributed by atoms with Gasteiger partial charge in [0.1, 0.15) is 0 Å². The van der Waals surface area contributed by atoms with Crippen LogP contribution in [0.1, 0.15) is 113 Å². The molecule has 42 heavy (non-hydrogen) atoms. The quantitative estimate of drug-likeness (QED) is 0.153. The summed E-state index contributed by atoms with van der Waals surface area (Å²) in [5.74, 6) is 5.15. The predicted molar refractivity (Wildman–Crippen MR) is 173 cm³/mol. The Bertz CT molecular complexity index is 1290. The van der Waals surface area contributed by atoms with E-state index >= 15 is 0 Å². The van der Waals surface area contributed by atoms with Gasteiger partial charge in [0.2, 0.25) is 0 Å². The first-order chi connectivity index (χ1) is 20.5. The van der Waals surface area contributed by atoms with Gasteiger partial charge in [-0.05, 0) is 48.2 Å². The zero-order chi connectivity index (χ0) is 29.9. The lowest BCUT2D eigenvalue weighted by atomic mass is 10.0. The van der Waals surface area contributed by atoms with Crippen molar-refractivity contribution in [1.82, 2.24) is 9.80 Å². The van der Waals surface area contributed by atoms with Crippen molar-refractivity contribution in [2.45, 2.75) is 90.9 Å².